The molecule has 102 valence electrons. The van der Waals surface area contributed by atoms with Crippen LogP contribution in [0.1, 0.15) is 16.8 Å². The van der Waals surface area contributed by atoms with Crippen LogP contribution in [0.15, 0.2) is 36.5 Å². The van der Waals surface area contributed by atoms with Gasteiger partial charge in [-0.2, -0.15) is 10.5 Å². The van der Waals surface area contributed by atoms with E-state index in [9.17, 15) is 14.9 Å². The molecule has 0 spiro atoms. The monoisotopic (exact) mass is 278 g/mol. The molecule has 1 aliphatic carbocycles. The van der Waals surface area contributed by atoms with Crippen LogP contribution in [-0.4, -0.2) is 10.3 Å². The molecule has 3 rings (SSSR count). The lowest BCUT2D eigenvalue weighted by Gasteiger charge is -2.26. The fourth-order valence-electron chi connectivity index (χ4n) is 3.14. The van der Waals surface area contributed by atoms with Crippen molar-refractivity contribution in [3.05, 3.63) is 59.2 Å². The second-order valence-electron chi connectivity index (χ2n) is 5.06. The predicted molar refractivity (Wildman–Crippen MR) is 74.1 cm³/mol. The van der Waals surface area contributed by atoms with Crippen LogP contribution in [0, 0.1) is 39.8 Å². The maximum absolute atomic E-state index is 14.1. The highest BCUT2D eigenvalue weighted by Gasteiger charge is 2.54. The summed E-state index contributed by atoms with van der Waals surface area (Å²) in [6, 6.07) is 12.1. The molecule has 21 heavy (non-hydrogen) atoms. The van der Waals surface area contributed by atoms with E-state index in [1.807, 2.05) is 6.07 Å². The largest absolute Gasteiger partial charge is 0.353 e. The Kier molecular flexibility index (Phi) is 2.67. The number of halogens is 1. The van der Waals surface area contributed by atoms with Crippen LogP contribution in [-0.2, 0) is 12.5 Å². The molecule has 1 aliphatic rings. The molecule has 1 N–H and O–H groups in total. The van der Waals surface area contributed by atoms with Gasteiger partial charge in [-0.3, -0.25) is 0 Å². The van der Waals surface area contributed by atoms with Crippen molar-refractivity contribution in [2.75, 3.05) is 0 Å². The number of nitrogens with one attached hydrogen (secondary N) is 1. The van der Waals surface area contributed by atoms with E-state index in [0.29, 0.717) is 11.3 Å². The molecule has 0 saturated carbocycles. The van der Waals surface area contributed by atoms with Crippen molar-refractivity contribution in [3.63, 3.8) is 0 Å². The summed E-state index contributed by atoms with van der Waals surface area (Å²) in [5.74, 6) is -1.59. The van der Waals surface area contributed by atoms with Crippen molar-refractivity contribution >= 4 is 5.71 Å². The third-order valence-electron chi connectivity index (χ3n) is 4.08. The van der Waals surface area contributed by atoms with Gasteiger partial charge in [-0.25, -0.2) is 4.39 Å². The minimum absolute atomic E-state index is 0.0757. The first-order valence-electron chi connectivity index (χ1n) is 6.38. The minimum Gasteiger partial charge on any atom is -0.353 e. The lowest BCUT2D eigenvalue weighted by atomic mass is 9.73. The van der Waals surface area contributed by atoms with E-state index in [1.165, 1.54) is 12.1 Å². The van der Waals surface area contributed by atoms with E-state index in [-0.39, 0.29) is 11.3 Å². The summed E-state index contributed by atoms with van der Waals surface area (Å²) in [7, 11) is 1.77. The van der Waals surface area contributed by atoms with Crippen LogP contribution in [0.25, 0.3) is 0 Å². The van der Waals surface area contributed by atoms with Gasteiger partial charge in [0.15, 0.2) is 0 Å². The molecule has 2 aromatic rings. The smallest absolute Gasteiger partial charge is 0.144 e. The third kappa shape index (κ3) is 1.43. The molecule has 5 heteroatoms. The van der Waals surface area contributed by atoms with Crippen LogP contribution in [0.2, 0.25) is 0 Å². The van der Waals surface area contributed by atoms with Gasteiger partial charge < -0.3 is 9.98 Å². The molecule has 0 amide bonds. The van der Waals surface area contributed by atoms with Gasteiger partial charge in [0.1, 0.15) is 17.2 Å². The normalized spacial score (nSPS) is 23.4. The lowest BCUT2D eigenvalue weighted by Crippen LogP contribution is -2.34. The van der Waals surface area contributed by atoms with Gasteiger partial charge in [0, 0.05) is 24.5 Å². The molecular weight excluding hydrogens is 267 g/mol. The van der Waals surface area contributed by atoms with Gasteiger partial charge >= 0.3 is 0 Å². The van der Waals surface area contributed by atoms with E-state index in [4.69, 9.17) is 5.41 Å². The molecule has 1 unspecified atom stereocenters. The van der Waals surface area contributed by atoms with E-state index in [2.05, 4.69) is 6.07 Å². The van der Waals surface area contributed by atoms with E-state index < -0.39 is 17.2 Å². The zero-order valence-corrected chi connectivity index (χ0v) is 11.3. The van der Waals surface area contributed by atoms with Gasteiger partial charge in [0.2, 0.25) is 0 Å². The molecule has 0 fully saturated rings. The molecule has 1 heterocycles. The SMILES string of the molecule is Cn1cccc1[C@]1(C#N)c2cccc(F)c2C(=N)C1C#N. The van der Waals surface area contributed by atoms with Gasteiger partial charge in [-0.05, 0) is 23.8 Å². The second kappa shape index (κ2) is 4.29. The first kappa shape index (κ1) is 13.1. The first-order valence-corrected chi connectivity index (χ1v) is 6.38. The quantitative estimate of drug-likeness (QED) is 0.870. The number of aryl methyl sites for hydroxylation is 1. The third-order valence-corrected chi connectivity index (χ3v) is 4.08. The maximum Gasteiger partial charge on any atom is 0.144 e. The highest BCUT2D eigenvalue weighted by Crippen LogP contribution is 2.48. The lowest BCUT2D eigenvalue weighted by molar-refractivity contribution is 0.567. The summed E-state index contributed by atoms with van der Waals surface area (Å²) < 4.78 is 15.8. The molecular formula is C16H11FN4. The Labute approximate surface area is 121 Å². The molecule has 2 atom stereocenters. The van der Waals surface area contributed by atoms with Crippen LogP contribution >= 0.6 is 0 Å². The second-order valence-corrected chi connectivity index (χ2v) is 5.06. The number of fused-ring (bicyclic) bond motifs is 1. The average Bonchev–Trinajstić information content (AvgIpc) is 3.00. The van der Waals surface area contributed by atoms with Crippen LogP contribution < -0.4 is 0 Å². The number of benzene rings is 1. The fraction of sp³-hybridized carbons (Fsp3) is 0.188. The Bertz CT molecular complexity index is 837. The summed E-state index contributed by atoms with van der Waals surface area (Å²) in [5.41, 5.74) is -0.421. The number of nitrogens with zero attached hydrogens (tertiary/aromatic N) is 3. The van der Waals surface area contributed by atoms with Crippen molar-refractivity contribution in [2.45, 2.75) is 5.41 Å². The average molecular weight is 278 g/mol. The Morgan fingerprint density at radius 3 is 2.62 bits per heavy atom. The molecule has 0 radical (unpaired) electrons. The zero-order valence-electron chi connectivity index (χ0n) is 11.3. The first-order chi connectivity index (χ1) is 10.1. The Morgan fingerprint density at radius 1 is 1.29 bits per heavy atom. The molecule has 0 bridgehead atoms. The van der Waals surface area contributed by atoms with Crippen molar-refractivity contribution in [3.8, 4) is 12.1 Å². The van der Waals surface area contributed by atoms with Gasteiger partial charge in [0.05, 0.1) is 17.9 Å². The molecule has 1 aromatic carbocycles. The Morgan fingerprint density at radius 2 is 2.05 bits per heavy atom. The van der Waals surface area contributed by atoms with Gasteiger partial charge in [-0.1, -0.05) is 12.1 Å². The molecule has 0 aliphatic heterocycles. The summed E-state index contributed by atoms with van der Waals surface area (Å²) in [6.07, 6.45) is 1.77. The van der Waals surface area contributed by atoms with Crippen LogP contribution in [0.4, 0.5) is 4.39 Å². The number of nitriles is 2. The number of aromatic nitrogens is 1. The van der Waals surface area contributed by atoms with Crippen molar-refractivity contribution in [1.82, 2.24) is 4.57 Å². The zero-order chi connectivity index (χ0) is 15.2. The van der Waals surface area contributed by atoms with Gasteiger partial charge in [0.25, 0.3) is 0 Å². The van der Waals surface area contributed by atoms with Gasteiger partial charge in [-0.15, -0.1) is 0 Å². The summed E-state index contributed by atoms with van der Waals surface area (Å²) >= 11 is 0. The van der Waals surface area contributed by atoms with E-state index >= 15 is 0 Å². The summed E-state index contributed by atoms with van der Waals surface area (Å²) in [6.45, 7) is 0. The summed E-state index contributed by atoms with van der Waals surface area (Å²) in [5, 5.41) is 27.5. The van der Waals surface area contributed by atoms with Crippen LogP contribution in [0.3, 0.4) is 0 Å². The number of hydrogen-bond donors (Lipinski definition) is 1. The highest BCUT2D eigenvalue weighted by atomic mass is 19.1. The Balaban J connectivity index is 2.44. The van der Waals surface area contributed by atoms with Crippen molar-refractivity contribution in [2.24, 2.45) is 13.0 Å². The molecule has 0 saturated heterocycles. The van der Waals surface area contributed by atoms with Crippen LogP contribution in [0.5, 0.6) is 0 Å². The topological polar surface area (TPSA) is 76.4 Å². The van der Waals surface area contributed by atoms with E-state index in [1.54, 1.807) is 36.0 Å². The molecule has 4 nitrogen and oxygen atoms in total. The summed E-state index contributed by atoms with van der Waals surface area (Å²) in [4.78, 5) is 0. The van der Waals surface area contributed by atoms with Crippen molar-refractivity contribution < 1.29 is 4.39 Å². The predicted octanol–water partition coefficient (Wildman–Crippen LogP) is 2.50. The Hall–Kier alpha value is -2.92. The maximum atomic E-state index is 14.1. The minimum atomic E-state index is -1.35. The number of hydrogen-bond acceptors (Lipinski definition) is 3. The highest BCUT2D eigenvalue weighted by molar-refractivity contribution is 6.09. The molecule has 1 aromatic heterocycles. The number of rotatable bonds is 1. The fourth-order valence-corrected chi connectivity index (χ4v) is 3.14. The van der Waals surface area contributed by atoms with Crippen molar-refractivity contribution in [1.29, 1.82) is 15.9 Å². The van der Waals surface area contributed by atoms with E-state index in [0.717, 1.165) is 0 Å². The standard InChI is InChI=1S/C16H11FN4/c1-21-7-3-6-13(21)16(9-19)10-4-2-5-12(17)14(10)15(20)11(16)8-18/h2-7,11,20H,1H3/t11?,16-/m1/s1.